The highest BCUT2D eigenvalue weighted by Crippen LogP contribution is 2.44. The van der Waals surface area contributed by atoms with Crippen molar-refractivity contribution in [1.29, 1.82) is 0 Å². The van der Waals surface area contributed by atoms with Crippen molar-refractivity contribution >= 4 is 5.69 Å². The molecule has 2 fully saturated rings. The summed E-state index contributed by atoms with van der Waals surface area (Å²) in [6.45, 7) is 1.02. The van der Waals surface area contributed by atoms with Gasteiger partial charge < -0.3 is 5.32 Å². The quantitative estimate of drug-likeness (QED) is 0.644. The van der Waals surface area contributed by atoms with Gasteiger partial charge in [0, 0.05) is 17.7 Å². The van der Waals surface area contributed by atoms with Crippen molar-refractivity contribution in [2.75, 3.05) is 6.54 Å². The van der Waals surface area contributed by atoms with E-state index in [1.54, 1.807) is 12.1 Å². The highest BCUT2D eigenvalue weighted by atomic mass is 16.6. The Bertz CT molecular complexity index is 461. The Labute approximate surface area is 107 Å². The first-order valence-electron chi connectivity index (χ1n) is 6.74. The van der Waals surface area contributed by atoms with Crippen LogP contribution in [0.4, 0.5) is 5.69 Å². The van der Waals surface area contributed by atoms with Gasteiger partial charge in [0.05, 0.1) is 4.92 Å². The molecule has 3 unspecified atom stereocenters. The molecule has 2 aliphatic rings. The number of rotatable bonds is 2. The highest BCUT2D eigenvalue weighted by molar-refractivity contribution is 5.43. The second-order valence-corrected chi connectivity index (χ2v) is 5.41. The molecule has 1 aliphatic carbocycles. The van der Waals surface area contributed by atoms with E-state index in [0.717, 1.165) is 12.1 Å². The van der Waals surface area contributed by atoms with Crippen LogP contribution in [-0.2, 0) is 0 Å². The van der Waals surface area contributed by atoms with Gasteiger partial charge in [-0.3, -0.25) is 10.1 Å². The van der Waals surface area contributed by atoms with Gasteiger partial charge in [-0.1, -0.05) is 31.0 Å². The number of nitro groups is 1. The van der Waals surface area contributed by atoms with Crippen molar-refractivity contribution in [2.45, 2.75) is 31.7 Å². The lowest BCUT2D eigenvalue weighted by atomic mass is 9.76. The first-order valence-corrected chi connectivity index (χ1v) is 6.74. The molecule has 1 heterocycles. The summed E-state index contributed by atoms with van der Waals surface area (Å²) >= 11 is 0. The Hall–Kier alpha value is -1.42. The van der Waals surface area contributed by atoms with E-state index >= 15 is 0 Å². The number of para-hydroxylation sites is 1. The number of nitrogens with zero attached hydrogens (tertiary/aromatic N) is 1. The normalized spacial score (nSPS) is 31.0. The largest absolute Gasteiger partial charge is 0.309 e. The summed E-state index contributed by atoms with van der Waals surface area (Å²) in [5.74, 6) is 1.29. The summed E-state index contributed by atoms with van der Waals surface area (Å²) in [5.41, 5.74) is 1.14. The maximum atomic E-state index is 11.1. The average molecular weight is 246 g/mol. The molecule has 96 valence electrons. The van der Waals surface area contributed by atoms with Gasteiger partial charge in [0.15, 0.2) is 0 Å². The first kappa shape index (κ1) is 11.7. The van der Waals surface area contributed by atoms with Crippen LogP contribution in [0.5, 0.6) is 0 Å². The summed E-state index contributed by atoms with van der Waals surface area (Å²) in [5, 5.41) is 14.6. The second-order valence-electron chi connectivity index (χ2n) is 5.41. The monoisotopic (exact) mass is 246 g/mol. The van der Waals surface area contributed by atoms with Crippen molar-refractivity contribution < 1.29 is 4.92 Å². The van der Waals surface area contributed by atoms with Crippen molar-refractivity contribution in [3.05, 3.63) is 39.9 Å². The van der Waals surface area contributed by atoms with E-state index in [4.69, 9.17) is 0 Å². The molecule has 3 rings (SSSR count). The standard InChI is InChI=1S/C14H18N2O2/c17-16(18)13-8-4-3-7-12(13)14-11-6-2-1-5-10(11)9-15-14/h3-4,7-8,10-11,14-15H,1-2,5-6,9H2. The Morgan fingerprint density at radius 1 is 1.22 bits per heavy atom. The van der Waals surface area contributed by atoms with Crippen LogP contribution in [0, 0.1) is 22.0 Å². The summed E-state index contributed by atoms with van der Waals surface area (Å²) < 4.78 is 0. The third-order valence-corrected chi connectivity index (χ3v) is 4.46. The molecule has 4 nitrogen and oxygen atoms in total. The van der Waals surface area contributed by atoms with Crippen LogP contribution in [0.25, 0.3) is 0 Å². The molecule has 1 saturated carbocycles. The van der Waals surface area contributed by atoms with Gasteiger partial charge in [0.25, 0.3) is 5.69 Å². The second kappa shape index (κ2) is 4.69. The van der Waals surface area contributed by atoms with Crippen molar-refractivity contribution in [1.82, 2.24) is 5.32 Å². The van der Waals surface area contributed by atoms with Crippen LogP contribution in [0.3, 0.4) is 0 Å². The van der Waals surface area contributed by atoms with E-state index < -0.39 is 0 Å². The fraction of sp³-hybridized carbons (Fsp3) is 0.571. The molecule has 1 aliphatic heterocycles. The van der Waals surface area contributed by atoms with E-state index in [1.807, 2.05) is 12.1 Å². The molecule has 4 heteroatoms. The Morgan fingerprint density at radius 2 is 2.00 bits per heavy atom. The minimum Gasteiger partial charge on any atom is -0.309 e. The zero-order valence-corrected chi connectivity index (χ0v) is 10.3. The molecule has 0 spiro atoms. The fourth-order valence-electron chi connectivity index (χ4n) is 3.62. The van der Waals surface area contributed by atoms with Crippen LogP contribution in [0.15, 0.2) is 24.3 Å². The van der Waals surface area contributed by atoms with Crippen molar-refractivity contribution in [2.24, 2.45) is 11.8 Å². The van der Waals surface area contributed by atoms with Crippen LogP contribution < -0.4 is 5.32 Å². The van der Waals surface area contributed by atoms with Crippen molar-refractivity contribution in [3.63, 3.8) is 0 Å². The van der Waals surface area contributed by atoms with E-state index in [9.17, 15) is 10.1 Å². The third kappa shape index (κ3) is 1.90. The van der Waals surface area contributed by atoms with Crippen molar-refractivity contribution in [3.8, 4) is 0 Å². The van der Waals surface area contributed by atoms with Crippen LogP contribution in [0.2, 0.25) is 0 Å². The number of hydrogen-bond donors (Lipinski definition) is 1. The zero-order valence-electron chi connectivity index (χ0n) is 10.3. The first-order chi connectivity index (χ1) is 8.77. The maximum absolute atomic E-state index is 11.1. The van der Waals surface area contributed by atoms with Gasteiger partial charge in [0.2, 0.25) is 0 Å². The van der Waals surface area contributed by atoms with Gasteiger partial charge in [-0.25, -0.2) is 0 Å². The summed E-state index contributed by atoms with van der Waals surface area (Å²) in [4.78, 5) is 10.9. The smallest absolute Gasteiger partial charge is 0.274 e. The molecule has 3 atom stereocenters. The molecule has 1 saturated heterocycles. The van der Waals surface area contributed by atoms with Crippen LogP contribution in [-0.4, -0.2) is 11.5 Å². The minimum atomic E-state index is -0.257. The molecule has 1 aromatic carbocycles. The van der Waals surface area contributed by atoms with E-state index in [-0.39, 0.29) is 16.7 Å². The number of nitro benzene ring substituents is 1. The average Bonchev–Trinajstić information content (AvgIpc) is 2.82. The lowest BCUT2D eigenvalue weighted by Crippen LogP contribution is -2.21. The SMILES string of the molecule is O=[N+]([O-])c1ccccc1C1NCC2CCCCC21. The summed E-state index contributed by atoms with van der Waals surface area (Å²) in [6, 6.07) is 7.35. The predicted molar refractivity (Wildman–Crippen MR) is 69.3 cm³/mol. The molecule has 0 bridgehead atoms. The number of nitrogens with one attached hydrogen (secondary N) is 1. The van der Waals surface area contributed by atoms with Gasteiger partial charge in [-0.15, -0.1) is 0 Å². The summed E-state index contributed by atoms with van der Waals surface area (Å²) in [7, 11) is 0. The van der Waals surface area contributed by atoms with Gasteiger partial charge in [-0.05, 0) is 31.2 Å². The fourth-order valence-corrected chi connectivity index (χ4v) is 3.62. The summed E-state index contributed by atoms with van der Waals surface area (Å²) in [6.07, 6.45) is 5.05. The van der Waals surface area contributed by atoms with Crippen LogP contribution >= 0.6 is 0 Å². The molecular formula is C14H18N2O2. The molecule has 0 amide bonds. The van der Waals surface area contributed by atoms with Gasteiger partial charge in [-0.2, -0.15) is 0 Å². The number of fused-ring (bicyclic) bond motifs is 1. The Morgan fingerprint density at radius 3 is 2.83 bits per heavy atom. The van der Waals surface area contributed by atoms with Crippen LogP contribution in [0.1, 0.15) is 37.3 Å². The minimum absolute atomic E-state index is 0.178. The lowest BCUT2D eigenvalue weighted by Gasteiger charge is -2.28. The molecule has 0 aromatic heterocycles. The predicted octanol–water partition coefficient (Wildman–Crippen LogP) is 3.05. The highest BCUT2D eigenvalue weighted by Gasteiger charge is 2.40. The molecular weight excluding hydrogens is 228 g/mol. The third-order valence-electron chi connectivity index (χ3n) is 4.46. The Kier molecular flexibility index (Phi) is 3.04. The molecule has 18 heavy (non-hydrogen) atoms. The lowest BCUT2D eigenvalue weighted by molar-refractivity contribution is -0.385. The van der Waals surface area contributed by atoms with E-state index in [0.29, 0.717) is 11.8 Å². The maximum Gasteiger partial charge on any atom is 0.274 e. The van der Waals surface area contributed by atoms with Gasteiger partial charge in [0.1, 0.15) is 0 Å². The van der Waals surface area contributed by atoms with E-state index in [1.165, 1.54) is 25.7 Å². The van der Waals surface area contributed by atoms with E-state index in [2.05, 4.69) is 5.32 Å². The number of hydrogen-bond acceptors (Lipinski definition) is 3. The number of benzene rings is 1. The molecule has 1 aromatic rings. The topological polar surface area (TPSA) is 55.2 Å². The Balaban J connectivity index is 1.93. The van der Waals surface area contributed by atoms with Gasteiger partial charge >= 0.3 is 0 Å². The molecule has 1 N–H and O–H groups in total. The zero-order chi connectivity index (χ0) is 12.5. The molecule has 0 radical (unpaired) electrons.